The Morgan fingerprint density at radius 2 is 2.09 bits per heavy atom. The Morgan fingerprint density at radius 3 is 2.83 bits per heavy atom. The predicted molar refractivity (Wildman–Crippen MR) is 97.8 cm³/mol. The Balaban J connectivity index is 2.20. The van der Waals surface area contributed by atoms with Crippen molar-refractivity contribution in [2.45, 2.75) is 6.92 Å². The van der Waals surface area contributed by atoms with Crippen LogP contribution in [-0.2, 0) is 4.79 Å². The summed E-state index contributed by atoms with van der Waals surface area (Å²) in [5.41, 5.74) is 11.0. The average molecular weight is 372 g/mol. The molecule has 0 saturated heterocycles. The molecule has 0 saturated carbocycles. The van der Waals surface area contributed by atoms with Gasteiger partial charge in [0.2, 0.25) is 0 Å². The van der Waals surface area contributed by atoms with Crippen molar-refractivity contribution in [1.82, 2.24) is 5.32 Å². The minimum atomic E-state index is -0.0980. The highest BCUT2D eigenvalue weighted by Crippen LogP contribution is 2.37. The zero-order valence-electron chi connectivity index (χ0n) is 12.8. The van der Waals surface area contributed by atoms with Crippen molar-refractivity contribution in [3.8, 4) is 0 Å². The molecule has 0 radical (unpaired) electrons. The molecule has 118 valence electrons. The summed E-state index contributed by atoms with van der Waals surface area (Å²) >= 11 is 3.48. The first-order valence-corrected chi connectivity index (χ1v) is 8.26. The van der Waals surface area contributed by atoms with Gasteiger partial charge in [0.25, 0.3) is 5.91 Å². The van der Waals surface area contributed by atoms with Gasteiger partial charge in [0.1, 0.15) is 0 Å². The van der Waals surface area contributed by atoms with Gasteiger partial charge in [-0.2, -0.15) is 0 Å². The normalized spacial score (nSPS) is 15.2. The maximum atomic E-state index is 12.5. The van der Waals surface area contributed by atoms with Crippen LogP contribution in [0, 0.1) is 6.92 Å². The Hall–Kier alpha value is -2.11. The van der Waals surface area contributed by atoms with Crippen molar-refractivity contribution in [2.75, 3.05) is 18.4 Å². The number of rotatable bonds is 4. The van der Waals surface area contributed by atoms with Gasteiger partial charge in [0.15, 0.2) is 0 Å². The van der Waals surface area contributed by atoms with E-state index in [0.29, 0.717) is 18.7 Å². The van der Waals surface area contributed by atoms with Crippen molar-refractivity contribution in [3.05, 3.63) is 63.6 Å². The summed E-state index contributed by atoms with van der Waals surface area (Å²) in [5.74, 6) is -0.0980. The number of fused-ring (bicyclic) bond motifs is 1. The van der Waals surface area contributed by atoms with Gasteiger partial charge in [0, 0.05) is 28.8 Å². The minimum absolute atomic E-state index is 0.0980. The van der Waals surface area contributed by atoms with E-state index in [-0.39, 0.29) is 5.91 Å². The third-order valence-electron chi connectivity index (χ3n) is 3.73. The standard InChI is InChI=1S/C18H18BrN3O/c1-11-3-2-4-12(9-11)17(21-8-7-20)16-14-10-13(19)5-6-15(14)22-18(16)23/h2-6,9-10,21H,7-8,20H2,1H3,(H,22,23)/b17-16-. The molecule has 1 amide bonds. The minimum Gasteiger partial charge on any atom is -0.383 e. The highest BCUT2D eigenvalue weighted by Gasteiger charge is 2.28. The number of hydrogen-bond acceptors (Lipinski definition) is 3. The van der Waals surface area contributed by atoms with Crippen LogP contribution in [0.3, 0.4) is 0 Å². The molecule has 4 nitrogen and oxygen atoms in total. The summed E-state index contributed by atoms with van der Waals surface area (Å²) in [4.78, 5) is 12.5. The van der Waals surface area contributed by atoms with Crippen LogP contribution in [0.4, 0.5) is 5.69 Å². The van der Waals surface area contributed by atoms with E-state index in [0.717, 1.165) is 32.5 Å². The number of amides is 1. The number of nitrogens with one attached hydrogen (secondary N) is 2. The van der Waals surface area contributed by atoms with Crippen molar-refractivity contribution in [3.63, 3.8) is 0 Å². The average Bonchev–Trinajstić information content (AvgIpc) is 2.84. The zero-order valence-corrected chi connectivity index (χ0v) is 14.4. The highest BCUT2D eigenvalue weighted by molar-refractivity contribution is 9.10. The SMILES string of the molecule is Cc1cccc(/C(NCCN)=C2/C(=O)Nc3ccc(Br)cc32)c1. The molecule has 0 bridgehead atoms. The van der Waals surface area contributed by atoms with Crippen LogP contribution in [0.1, 0.15) is 16.7 Å². The lowest BCUT2D eigenvalue weighted by molar-refractivity contribution is -0.110. The summed E-state index contributed by atoms with van der Waals surface area (Å²) in [6.45, 7) is 3.13. The molecule has 0 atom stereocenters. The van der Waals surface area contributed by atoms with Gasteiger partial charge in [-0.1, -0.05) is 39.7 Å². The van der Waals surface area contributed by atoms with E-state index in [1.165, 1.54) is 0 Å². The van der Waals surface area contributed by atoms with Crippen LogP contribution < -0.4 is 16.4 Å². The van der Waals surface area contributed by atoms with E-state index >= 15 is 0 Å². The van der Waals surface area contributed by atoms with Crippen LogP contribution in [0.5, 0.6) is 0 Å². The van der Waals surface area contributed by atoms with Crippen LogP contribution >= 0.6 is 15.9 Å². The van der Waals surface area contributed by atoms with Crippen molar-refractivity contribution in [2.24, 2.45) is 5.73 Å². The largest absolute Gasteiger partial charge is 0.383 e. The maximum absolute atomic E-state index is 12.5. The molecule has 5 heteroatoms. The Kier molecular flexibility index (Phi) is 4.50. The van der Waals surface area contributed by atoms with E-state index in [4.69, 9.17) is 5.73 Å². The number of carbonyl (C=O) groups is 1. The molecule has 4 N–H and O–H groups in total. The van der Waals surface area contributed by atoms with Gasteiger partial charge in [-0.15, -0.1) is 0 Å². The molecule has 0 spiro atoms. The number of halogens is 1. The first-order chi connectivity index (χ1) is 11.1. The summed E-state index contributed by atoms with van der Waals surface area (Å²) in [5, 5.41) is 6.25. The predicted octanol–water partition coefficient (Wildman–Crippen LogP) is 3.13. The fraction of sp³-hybridized carbons (Fsp3) is 0.167. The number of nitrogens with two attached hydrogens (primary N) is 1. The first kappa shape index (κ1) is 15.8. The molecule has 2 aromatic carbocycles. The monoisotopic (exact) mass is 371 g/mol. The fourth-order valence-electron chi connectivity index (χ4n) is 2.72. The van der Waals surface area contributed by atoms with Crippen molar-refractivity contribution >= 4 is 38.8 Å². The smallest absolute Gasteiger partial charge is 0.258 e. The Bertz CT molecular complexity index is 799. The van der Waals surface area contributed by atoms with Gasteiger partial charge in [0.05, 0.1) is 11.3 Å². The van der Waals surface area contributed by atoms with Gasteiger partial charge >= 0.3 is 0 Å². The van der Waals surface area contributed by atoms with Gasteiger partial charge in [-0.3, -0.25) is 4.79 Å². The van der Waals surface area contributed by atoms with Gasteiger partial charge in [-0.25, -0.2) is 0 Å². The topological polar surface area (TPSA) is 67.1 Å². The summed E-state index contributed by atoms with van der Waals surface area (Å²) in [7, 11) is 0. The molecule has 1 heterocycles. The lowest BCUT2D eigenvalue weighted by Crippen LogP contribution is -2.23. The van der Waals surface area contributed by atoms with Crippen LogP contribution in [-0.4, -0.2) is 19.0 Å². The summed E-state index contributed by atoms with van der Waals surface area (Å²) in [6, 6.07) is 13.9. The van der Waals surface area contributed by atoms with E-state index in [1.807, 2.05) is 43.3 Å². The van der Waals surface area contributed by atoms with Crippen molar-refractivity contribution in [1.29, 1.82) is 0 Å². The number of aryl methyl sites for hydroxylation is 1. The van der Waals surface area contributed by atoms with E-state index < -0.39 is 0 Å². The lowest BCUT2D eigenvalue weighted by Gasteiger charge is -2.14. The van der Waals surface area contributed by atoms with E-state index in [9.17, 15) is 4.79 Å². The molecule has 0 unspecified atom stereocenters. The van der Waals surface area contributed by atoms with E-state index in [2.05, 4.69) is 32.6 Å². The molecule has 0 aromatic heterocycles. The quantitative estimate of drug-likeness (QED) is 0.723. The van der Waals surface area contributed by atoms with E-state index in [1.54, 1.807) is 0 Å². The summed E-state index contributed by atoms with van der Waals surface area (Å²) in [6.07, 6.45) is 0. The maximum Gasteiger partial charge on any atom is 0.258 e. The highest BCUT2D eigenvalue weighted by atomic mass is 79.9. The molecule has 2 aromatic rings. The van der Waals surface area contributed by atoms with Crippen LogP contribution in [0.15, 0.2) is 46.9 Å². The molecule has 3 rings (SSSR count). The Labute approximate surface area is 143 Å². The molecule has 0 fully saturated rings. The third-order valence-corrected chi connectivity index (χ3v) is 4.22. The molecular weight excluding hydrogens is 354 g/mol. The molecule has 0 aliphatic carbocycles. The lowest BCUT2D eigenvalue weighted by atomic mass is 9.99. The van der Waals surface area contributed by atoms with Crippen molar-refractivity contribution < 1.29 is 4.79 Å². The van der Waals surface area contributed by atoms with Gasteiger partial charge < -0.3 is 16.4 Å². The fourth-order valence-corrected chi connectivity index (χ4v) is 3.08. The van der Waals surface area contributed by atoms with Crippen LogP contribution in [0.2, 0.25) is 0 Å². The molecular formula is C18H18BrN3O. The first-order valence-electron chi connectivity index (χ1n) is 7.46. The Morgan fingerprint density at radius 1 is 1.26 bits per heavy atom. The number of carbonyl (C=O) groups excluding carboxylic acids is 1. The third kappa shape index (κ3) is 3.16. The zero-order chi connectivity index (χ0) is 16.4. The van der Waals surface area contributed by atoms with Crippen LogP contribution in [0.25, 0.3) is 11.3 Å². The number of hydrogen-bond donors (Lipinski definition) is 3. The summed E-state index contributed by atoms with van der Waals surface area (Å²) < 4.78 is 0.938. The molecule has 23 heavy (non-hydrogen) atoms. The second-order valence-corrected chi connectivity index (χ2v) is 6.39. The number of benzene rings is 2. The number of anilines is 1. The second-order valence-electron chi connectivity index (χ2n) is 5.48. The van der Waals surface area contributed by atoms with Gasteiger partial charge in [-0.05, 0) is 36.8 Å². The molecule has 1 aliphatic rings. The second kappa shape index (κ2) is 6.56. The molecule has 1 aliphatic heterocycles.